The average Bonchev–Trinajstić information content (AvgIpc) is 2.79. The highest BCUT2D eigenvalue weighted by Crippen LogP contribution is 2.33. The van der Waals surface area contributed by atoms with Crippen molar-refractivity contribution in [3.8, 4) is 0 Å². The Morgan fingerprint density at radius 2 is 2.10 bits per heavy atom. The highest BCUT2D eigenvalue weighted by atomic mass is 32.2. The van der Waals surface area contributed by atoms with E-state index >= 15 is 0 Å². The molecule has 1 aliphatic heterocycles. The van der Waals surface area contributed by atoms with Crippen molar-refractivity contribution in [2.45, 2.75) is 39.0 Å². The quantitative estimate of drug-likeness (QED) is 0.859. The summed E-state index contributed by atoms with van der Waals surface area (Å²) in [4.78, 5) is 18.9. The minimum atomic E-state index is -0.454. The van der Waals surface area contributed by atoms with Crippen LogP contribution < -0.4 is 0 Å². The minimum Gasteiger partial charge on any atom is -0.372 e. The number of amidine groups is 1. The fourth-order valence-corrected chi connectivity index (χ4v) is 3.40. The van der Waals surface area contributed by atoms with Gasteiger partial charge in [0.05, 0.1) is 12.1 Å². The van der Waals surface area contributed by atoms with Crippen molar-refractivity contribution < 1.29 is 9.53 Å². The normalized spacial score (nSPS) is 20.8. The molecule has 4 nitrogen and oxygen atoms in total. The van der Waals surface area contributed by atoms with Gasteiger partial charge in [-0.05, 0) is 26.3 Å². The molecule has 2 rings (SSSR count). The number of hydrogen-bond acceptors (Lipinski definition) is 4. The van der Waals surface area contributed by atoms with Gasteiger partial charge in [0.15, 0.2) is 5.17 Å². The maximum atomic E-state index is 12.5. The average molecular weight is 306 g/mol. The molecule has 1 fully saturated rings. The molecule has 1 aromatic carbocycles. The summed E-state index contributed by atoms with van der Waals surface area (Å²) in [6, 6.07) is 10.1. The van der Waals surface area contributed by atoms with Crippen molar-refractivity contribution in [1.82, 2.24) is 4.90 Å². The number of hydrogen-bond donors (Lipinski definition) is 0. The van der Waals surface area contributed by atoms with Gasteiger partial charge in [0.1, 0.15) is 6.10 Å². The summed E-state index contributed by atoms with van der Waals surface area (Å²) in [5.74, 6) is 0.822. The number of benzene rings is 1. The largest absolute Gasteiger partial charge is 0.372 e. The lowest BCUT2D eigenvalue weighted by Gasteiger charge is -2.32. The van der Waals surface area contributed by atoms with E-state index in [1.54, 1.807) is 30.7 Å². The van der Waals surface area contributed by atoms with Gasteiger partial charge in [-0.1, -0.05) is 42.1 Å². The minimum absolute atomic E-state index is 0.0284. The molecule has 5 heteroatoms. The lowest BCUT2D eigenvalue weighted by atomic mass is 10.1. The van der Waals surface area contributed by atoms with Gasteiger partial charge in [0.25, 0.3) is 5.91 Å². The number of amides is 1. The van der Waals surface area contributed by atoms with Gasteiger partial charge in [-0.3, -0.25) is 14.7 Å². The Balaban J connectivity index is 2.19. The second-order valence-electron chi connectivity index (χ2n) is 5.74. The van der Waals surface area contributed by atoms with Crippen molar-refractivity contribution in [3.05, 3.63) is 35.9 Å². The van der Waals surface area contributed by atoms with Crippen LogP contribution in [0.5, 0.6) is 0 Å². The third-order valence-corrected chi connectivity index (χ3v) is 4.93. The van der Waals surface area contributed by atoms with E-state index in [0.717, 1.165) is 16.5 Å². The first-order valence-corrected chi connectivity index (χ1v) is 8.02. The van der Waals surface area contributed by atoms with E-state index < -0.39 is 6.10 Å². The summed E-state index contributed by atoms with van der Waals surface area (Å²) in [7, 11) is 1.56. The van der Waals surface area contributed by atoms with E-state index in [9.17, 15) is 4.79 Å². The Hall–Kier alpha value is -1.33. The van der Waals surface area contributed by atoms with Crippen molar-refractivity contribution in [1.29, 1.82) is 0 Å². The summed E-state index contributed by atoms with van der Waals surface area (Å²) >= 11 is 1.63. The summed E-state index contributed by atoms with van der Waals surface area (Å²) in [6.07, 6.45) is -0.454. The molecule has 1 atom stereocenters. The second kappa shape index (κ2) is 6.62. The van der Waals surface area contributed by atoms with Gasteiger partial charge in [-0.15, -0.1) is 0 Å². The fraction of sp³-hybridized carbons (Fsp3) is 0.500. The third kappa shape index (κ3) is 3.66. The number of methoxy groups -OCH3 is 1. The molecule has 0 N–H and O–H groups in total. The number of aliphatic imine (C=N–C) groups is 1. The summed E-state index contributed by atoms with van der Waals surface area (Å²) < 4.78 is 5.17. The van der Waals surface area contributed by atoms with Gasteiger partial charge in [0, 0.05) is 12.9 Å². The van der Waals surface area contributed by atoms with Crippen LogP contribution in [0.4, 0.5) is 0 Å². The summed E-state index contributed by atoms with van der Waals surface area (Å²) in [5, 5.41) is 0.790. The number of thioether (sulfide) groups is 1. The van der Waals surface area contributed by atoms with Crippen LogP contribution in [0.3, 0.4) is 0 Å². The van der Waals surface area contributed by atoms with Crippen LogP contribution in [-0.2, 0) is 16.1 Å². The first-order valence-electron chi connectivity index (χ1n) is 7.04. The van der Waals surface area contributed by atoms with E-state index in [2.05, 4.69) is 18.8 Å². The van der Waals surface area contributed by atoms with E-state index in [0.29, 0.717) is 6.54 Å². The van der Waals surface area contributed by atoms with Crippen LogP contribution in [0.2, 0.25) is 0 Å². The molecular weight excluding hydrogens is 284 g/mol. The number of carbonyl (C=O) groups is 1. The zero-order chi connectivity index (χ0) is 15.5. The smallest absolute Gasteiger partial charge is 0.257 e. The molecule has 0 spiro atoms. The molecule has 0 radical (unpaired) electrons. The molecule has 114 valence electrons. The summed E-state index contributed by atoms with van der Waals surface area (Å²) in [5.41, 5.74) is 0.909. The summed E-state index contributed by atoms with van der Waals surface area (Å²) in [6.45, 7) is 6.48. The molecular formula is C16H22N2O2S. The first-order chi connectivity index (χ1) is 9.95. The maximum absolute atomic E-state index is 12.5. The van der Waals surface area contributed by atoms with Gasteiger partial charge in [-0.25, -0.2) is 0 Å². The van der Waals surface area contributed by atoms with Crippen LogP contribution in [0, 0.1) is 0 Å². The topological polar surface area (TPSA) is 41.9 Å². The molecule has 0 saturated carbocycles. The SMILES string of the molecule is COC(C)C(=O)N1C(=NCc2ccccc2)SCC1(C)C. The van der Waals surface area contributed by atoms with Gasteiger partial charge >= 0.3 is 0 Å². The maximum Gasteiger partial charge on any atom is 0.257 e. The van der Waals surface area contributed by atoms with Crippen molar-refractivity contribution in [2.75, 3.05) is 12.9 Å². The Bertz CT molecular complexity index is 528. The zero-order valence-electron chi connectivity index (χ0n) is 13.0. The zero-order valence-corrected chi connectivity index (χ0v) is 13.8. The van der Waals surface area contributed by atoms with Gasteiger partial charge in [-0.2, -0.15) is 0 Å². The number of rotatable bonds is 4. The molecule has 1 unspecified atom stereocenters. The van der Waals surface area contributed by atoms with Crippen LogP contribution >= 0.6 is 11.8 Å². The second-order valence-corrected chi connectivity index (χ2v) is 6.68. The van der Waals surface area contributed by atoms with Crippen molar-refractivity contribution in [2.24, 2.45) is 4.99 Å². The molecule has 1 aromatic rings. The number of carbonyl (C=O) groups excluding carboxylic acids is 1. The molecule has 21 heavy (non-hydrogen) atoms. The van der Waals surface area contributed by atoms with Gasteiger partial charge in [0.2, 0.25) is 0 Å². The lowest BCUT2D eigenvalue weighted by Crippen LogP contribution is -2.50. The molecule has 1 amide bonds. The van der Waals surface area contributed by atoms with Crippen LogP contribution in [0.1, 0.15) is 26.3 Å². The number of ether oxygens (including phenoxy) is 1. The highest BCUT2D eigenvalue weighted by Gasteiger charge is 2.42. The van der Waals surface area contributed by atoms with E-state index in [1.165, 1.54) is 0 Å². The molecule has 0 aliphatic carbocycles. The van der Waals surface area contributed by atoms with Crippen LogP contribution in [0.25, 0.3) is 0 Å². The Morgan fingerprint density at radius 3 is 2.71 bits per heavy atom. The molecule has 0 aromatic heterocycles. The molecule has 1 saturated heterocycles. The molecule has 1 aliphatic rings. The third-order valence-electron chi connectivity index (χ3n) is 3.51. The number of nitrogens with zero attached hydrogens (tertiary/aromatic N) is 2. The van der Waals surface area contributed by atoms with Gasteiger partial charge < -0.3 is 4.74 Å². The molecule has 1 heterocycles. The molecule has 0 bridgehead atoms. The fourth-order valence-electron chi connectivity index (χ4n) is 2.16. The predicted octanol–water partition coefficient (Wildman–Crippen LogP) is 2.93. The van der Waals surface area contributed by atoms with Crippen LogP contribution in [0.15, 0.2) is 35.3 Å². The Kier molecular flexibility index (Phi) is 5.06. The van der Waals surface area contributed by atoms with E-state index in [-0.39, 0.29) is 11.4 Å². The standard InChI is InChI=1S/C16H22N2O2S/c1-12(20-4)14(19)18-15(21-11-16(18,2)3)17-10-13-8-6-5-7-9-13/h5-9,12H,10-11H2,1-4H3. The monoisotopic (exact) mass is 306 g/mol. The Morgan fingerprint density at radius 1 is 1.43 bits per heavy atom. The lowest BCUT2D eigenvalue weighted by molar-refractivity contribution is -0.139. The van der Waals surface area contributed by atoms with E-state index in [1.807, 2.05) is 30.3 Å². The van der Waals surface area contributed by atoms with Crippen LogP contribution in [-0.4, -0.2) is 40.5 Å². The van der Waals surface area contributed by atoms with Crippen molar-refractivity contribution in [3.63, 3.8) is 0 Å². The predicted molar refractivity (Wildman–Crippen MR) is 87.4 cm³/mol. The Labute approximate surface area is 130 Å². The van der Waals surface area contributed by atoms with E-state index in [4.69, 9.17) is 4.74 Å². The first kappa shape index (κ1) is 16.0. The van der Waals surface area contributed by atoms with Crippen molar-refractivity contribution >= 4 is 22.8 Å². The highest BCUT2D eigenvalue weighted by molar-refractivity contribution is 8.14.